The van der Waals surface area contributed by atoms with Gasteiger partial charge in [0.15, 0.2) is 0 Å². The zero-order chi connectivity index (χ0) is 14.8. The number of carbonyl (C=O) groups is 1. The molecular weight excluding hydrogens is 266 g/mol. The largest absolute Gasteiger partial charge is 0.478 e. The van der Waals surface area contributed by atoms with Gasteiger partial charge in [0.1, 0.15) is 0 Å². The van der Waals surface area contributed by atoms with Crippen molar-refractivity contribution in [3.63, 3.8) is 0 Å². The predicted molar refractivity (Wildman–Crippen MR) is 82.1 cm³/mol. The summed E-state index contributed by atoms with van der Waals surface area (Å²) < 4.78 is 5.45. The first-order valence-corrected chi connectivity index (χ1v) is 7.85. The summed E-state index contributed by atoms with van der Waals surface area (Å²) >= 11 is 0. The second kappa shape index (κ2) is 6.06. The number of carboxylic acid groups (broad SMARTS) is 1. The number of hydrogen-bond donors (Lipinski definition) is 1. The Bertz CT molecular complexity index is 521. The van der Waals surface area contributed by atoms with Gasteiger partial charge in [-0.3, -0.25) is 0 Å². The van der Waals surface area contributed by atoms with E-state index in [0.717, 1.165) is 56.3 Å². The van der Waals surface area contributed by atoms with Crippen LogP contribution in [0.15, 0.2) is 18.2 Å². The minimum atomic E-state index is -0.809. The summed E-state index contributed by atoms with van der Waals surface area (Å²) in [5, 5.41) is 9.37. The van der Waals surface area contributed by atoms with E-state index in [9.17, 15) is 9.90 Å². The summed E-state index contributed by atoms with van der Waals surface area (Å²) in [5.41, 5.74) is 2.63. The van der Waals surface area contributed by atoms with Crippen molar-refractivity contribution < 1.29 is 14.6 Å². The van der Waals surface area contributed by atoms with Gasteiger partial charge in [0.2, 0.25) is 0 Å². The summed E-state index contributed by atoms with van der Waals surface area (Å²) in [7, 11) is 1.79. The third-order valence-electron chi connectivity index (χ3n) is 4.93. The van der Waals surface area contributed by atoms with Crippen LogP contribution in [-0.4, -0.2) is 36.9 Å². The predicted octanol–water partition coefficient (Wildman–Crippen LogP) is 3.10. The highest BCUT2D eigenvalue weighted by Gasteiger charge is 2.30. The SMILES string of the molecule is COC1CCC(N2CCCc3c(C(=O)O)cccc32)CC1. The van der Waals surface area contributed by atoms with E-state index < -0.39 is 5.97 Å². The molecule has 1 saturated carbocycles. The number of aromatic carboxylic acids is 1. The van der Waals surface area contributed by atoms with Crippen LogP contribution in [0.25, 0.3) is 0 Å². The number of anilines is 1. The number of carboxylic acids is 1. The van der Waals surface area contributed by atoms with E-state index in [4.69, 9.17) is 4.74 Å². The zero-order valence-corrected chi connectivity index (χ0v) is 12.5. The number of methoxy groups -OCH3 is 1. The molecule has 1 fully saturated rings. The van der Waals surface area contributed by atoms with E-state index in [-0.39, 0.29) is 0 Å². The van der Waals surface area contributed by atoms with Crippen LogP contribution in [0.3, 0.4) is 0 Å². The normalized spacial score (nSPS) is 25.5. The summed E-state index contributed by atoms with van der Waals surface area (Å²) in [6.45, 7) is 1.04. The lowest BCUT2D eigenvalue weighted by Crippen LogP contribution is -2.42. The van der Waals surface area contributed by atoms with Gasteiger partial charge in [-0.15, -0.1) is 0 Å². The molecule has 1 aliphatic carbocycles. The summed E-state index contributed by atoms with van der Waals surface area (Å²) in [6.07, 6.45) is 6.79. The quantitative estimate of drug-likeness (QED) is 0.929. The lowest BCUT2D eigenvalue weighted by molar-refractivity contribution is 0.0654. The van der Waals surface area contributed by atoms with Gasteiger partial charge < -0.3 is 14.7 Å². The molecule has 0 saturated heterocycles. The smallest absolute Gasteiger partial charge is 0.336 e. The van der Waals surface area contributed by atoms with Crippen molar-refractivity contribution in [2.75, 3.05) is 18.6 Å². The van der Waals surface area contributed by atoms with E-state index in [0.29, 0.717) is 17.7 Å². The number of nitrogens with zero attached hydrogens (tertiary/aromatic N) is 1. The average Bonchev–Trinajstić information content (AvgIpc) is 2.53. The molecule has 2 aliphatic rings. The molecule has 1 aromatic carbocycles. The Kier molecular flexibility index (Phi) is 4.15. The molecule has 1 heterocycles. The van der Waals surface area contributed by atoms with Gasteiger partial charge in [0, 0.05) is 25.4 Å². The molecule has 0 spiro atoms. The van der Waals surface area contributed by atoms with Gasteiger partial charge in [-0.05, 0) is 56.2 Å². The summed E-state index contributed by atoms with van der Waals surface area (Å²) in [6, 6.07) is 6.22. The lowest BCUT2D eigenvalue weighted by atomic mass is 9.88. The maximum atomic E-state index is 11.4. The van der Waals surface area contributed by atoms with Crippen molar-refractivity contribution in [3.05, 3.63) is 29.3 Å². The van der Waals surface area contributed by atoms with Crippen LogP contribution in [0, 0.1) is 0 Å². The Hall–Kier alpha value is -1.55. The molecule has 0 amide bonds. The molecule has 0 bridgehead atoms. The fraction of sp³-hybridized carbons (Fsp3) is 0.588. The van der Waals surface area contributed by atoms with Crippen molar-refractivity contribution >= 4 is 11.7 Å². The Morgan fingerprint density at radius 3 is 2.71 bits per heavy atom. The van der Waals surface area contributed by atoms with Crippen molar-refractivity contribution in [3.8, 4) is 0 Å². The fourth-order valence-electron chi connectivity index (χ4n) is 3.83. The van der Waals surface area contributed by atoms with Crippen LogP contribution in [0.2, 0.25) is 0 Å². The number of rotatable bonds is 3. The molecule has 4 heteroatoms. The van der Waals surface area contributed by atoms with Crippen LogP contribution in [0.4, 0.5) is 5.69 Å². The van der Waals surface area contributed by atoms with Gasteiger partial charge in [-0.25, -0.2) is 4.79 Å². The topological polar surface area (TPSA) is 49.8 Å². The molecule has 0 atom stereocenters. The third kappa shape index (κ3) is 2.77. The Morgan fingerprint density at radius 1 is 1.29 bits per heavy atom. The van der Waals surface area contributed by atoms with Crippen molar-refractivity contribution in [2.24, 2.45) is 0 Å². The van der Waals surface area contributed by atoms with Crippen LogP contribution < -0.4 is 4.90 Å². The Morgan fingerprint density at radius 2 is 2.05 bits per heavy atom. The van der Waals surface area contributed by atoms with Crippen molar-refractivity contribution in [1.82, 2.24) is 0 Å². The molecule has 114 valence electrons. The highest BCUT2D eigenvalue weighted by molar-refractivity contribution is 5.91. The maximum Gasteiger partial charge on any atom is 0.336 e. The summed E-state index contributed by atoms with van der Waals surface area (Å²) in [5.74, 6) is -0.809. The fourth-order valence-corrected chi connectivity index (χ4v) is 3.83. The van der Waals surface area contributed by atoms with E-state index in [1.807, 2.05) is 6.07 Å². The highest BCUT2D eigenvalue weighted by Crippen LogP contribution is 2.35. The first-order valence-electron chi connectivity index (χ1n) is 7.85. The van der Waals surface area contributed by atoms with Crippen LogP contribution in [0.5, 0.6) is 0 Å². The molecule has 1 aliphatic heterocycles. The average molecular weight is 289 g/mol. The highest BCUT2D eigenvalue weighted by atomic mass is 16.5. The van der Waals surface area contributed by atoms with Gasteiger partial charge in [0.25, 0.3) is 0 Å². The van der Waals surface area contributed by atoms with Gasteiger partial charge in [-0.1, -0.05) is 6.07 Å². The summed E-state index contributed by atoms with van der Waals surface area (Å²) in [4.78, 5) is 13.8. The van der Waals surface area contributed by atoms with E-state index in [2.05, 4.69) is 11.0 Å². The van der Waals surface area contributed by atoms with Crippen LogP contribution in [0.1, 0.15) is 48.0 Å². The van der Waals surface area contributed by atoms with Gasteiger partial charge >= 0.3 is 5.97 Å². The molecule has 21 heavy (non-hydrogen) atoms. The standard InChI is InChI=1S/C17H23NO3/c1-21-13-9-7-12(8-10-13)18-11-3-5-14-15(17(19)20)4-2-6-16(14)18/h2,4,6,12-13H,3,5,7-11H2,1H3,(H,19,20). The second-order valence-corrected chi connectivity index (χ2v) is 6.07. The first-order chi connectivity index (χ1) is 10.2. The Balaban J connectivity index is 1.84. The molecule has 3 rings (SSSR count). The zero-order valence-electron chi connectivity index (χ0n) is 12.5. The molecule has 1 aromatic rings. The van der Waals surface area contributed by atoms with Crippen LogP contribution in [-0.2, 0) is 11.2 Å². The number of benzene rings is 1. The van der Waals surface area contributed by atoms with Gasteiger partial charge in [0.05, 0.1) is 11.7 Å². The Labute approximate surface area is 125 Å². The van der Waals surface area contributed by atoms with Crippen molar-refractivity contribution in [1.29, 1.82) is 0 Å². The third-order valence-corrected chi connectivity index (χ3v) is 4.93. The molecular formula is C17H23NO3. The second-order valence-electron chi connectivity index (χ2n) is 6.07. The van der Waals surface area contributed by atoms with Crippen molar-refractivity contribution in [2.45, 2.75) is 50.7 Å². The molecule has 0 unspecified atom stereocenters. The van der Waals surface area contributed by atoms with E-state index in [1.54, 1.807) is 13.2 Å². The minimum Gasteiger partial charge on any atom is -0.478 e. The van der Waals surface area contributed by atoms with E-state index in [1.165, 1.54) is 0 Å². The molecule has 4 nitrogen and oxygen atoms in total. The number of ether oxygens (including phenoxy) is 1. The molecule has 0 aromatic heterocycles. The maximum absolute atomic E-state index is 11.4. The number of hydrogen-bond acceptors (Lipinski definition) is 3. The van der Waals surface area contributed by atoms with Crippen LogP contribution >= 0.6 is 0 Å². The van der Waals surface area contributed by atoms with E-state index >= 15 is 0 Å². The first kappa shape index (κ1) is 14.4. The monoisotopic (exact) mass is 289 g/mol. The molecule has 1 N–H and O–H groups in total. The lowest BCUT2D eigenvalue weighted by Gasteiger charge is -2.41. The molecule has 0 radical (unpaired) electrons. The number of fused-ring (bicyclic) bond motifs is 1. The minimum absolute atomic E-state index is 0.399. The van der Waals surface area contributed by atoms with Gasteiger partial charge in [-0.2, -0.15) is 0 Å².